The van der Waals surface area contributed by atoms with Crippen LogP contribution < -0.4 is 10.2 Å². The number of hydrogen-bond acceptors (Lipinski definition) is 5. The van der Waals surface area contributed by atoms with Crippen LogP contribution >= 0.6 is 0 Å². The van der Waals surface area contributed by atoms with Gasteiger partial charge in [-0.15, -0.1) is 0 Å². The number of halogens is 3. The summed E-state index contributed by atoms with van der Waals surface area (Å²) in [5.74, 6) is -0.601. The molecule has 0 bridgehead atoms. The highest BCUT2D eigenvalue weighted by molar-refractivity contribution is 7.92. The van der Waals surface area contributed by atoms with Crippen LogP contribution in [-0.4, -0.2) is 37.6 Å². The maximum absolute atomic E-state index is 13.4. The van der Waals surface area contributed by atoms with Crippen LogP contribution in [0.4, 0.5) is 23.7 Å². The molecule has 0 aliphatic carbocycles. The average molecular weight is 499 g/mol. The fourth-order valence-corrected chi connectivity index (χ4v) is 4.46. The quantitative estimate of drug-likeness (QED) is 0.669. The number of alkyl carbamates (subject to hydrolysis) is 1. The Hall–Kier alpha value is -3.08. The van der Waals surface area contributed by atoms with Crippen molar-refractivity contribution in [3.63, 3.8) is 0 Å². The zero-order chi connectivity index (χ0) is 25.5. The number of sulfone groups is 1. The first-order chi connectivity index (χ1) is 15.6. The van der Waals surface area contributed by atoms with Crippen LogP contribution in [0.15, 0.2) is 53.4 Å². The summed E-state index contributed by atoms with van der Waals surface area (Å²) in [4.78, 5) is 26.0. The van der Waals surface area contributed by atoms with E-state index in [1.54, 1.807) is 58.0 Å². The highest BCUT2D eigenvalue weighted by Crippen LogP contribution is 2.39. The lowest BCUT2D eigenvalue weighted by atomic mass is 9.94. The van der Waals surface area contributed by atoms with E-state index in [-0.39, 0.29) is 12.1 Å². The number of fused-ring (bicyclic) bond motifs is 1. The minimum atomic E-state index is -5.62. The Bertz CT molecular complexity index is 1190. The van der Waals surface area contributed by atoms with Crippen molar-refractivity contribution in [3.05, 3.63) is 59.7 Å². The van der Waals surface area contributed by atoms with Crippen molar-refractivity contribution in [1.29, 1.82) is 0 Å². The van der Waals surface area contributed by atoms with Gasteiger partial charge in [0.05, 0.1) is 10.9 Å². The molecule has 0 spiro atoms. The van der Waals surface area contributed by atoms with Crippen molar-refractivity contribution in [2.45, 2.75) is 62.2 Å². The van der Waals surface area contributed by atoms with Crippen molar-refractivity contribution in [3.8, 4) is 0 Å². The molecule has 2 aromatic rings. The molecule has 2 amide bonds. The molecule has 0 saturated heterocycles. The molecule has 7 nitrogen and oxygen atoms in total. The minimum Gasteiger partial charge on any atom is -0.444 e. The van der Waals surface area contributed by atoms with E-state index in [0.717, 1.165) is 12.1 Å². The molecule has 0 aromatic heterocycles. The van der Waals surface area contributed by atoms with Gasteiger partial charge in [0, 0.05) is 12.1 Å². The summed E-state index contributed by atoms with van der Waals surface area (Å²) < 4.78 is 68.7. The summed E-state index contributed by atoms with van der Waals surface area (Å²) in [7, 11) is -5.62. The van der Waals surface area contributed by atoms with Gasteiger partial charge in [-0.1, -0.05) is 36.4 Å². The first-order valence-electron chi connectivity index (χ1n) is 10.4. The van der Waals surface area contributed by atoms with Crippen LogP contribution in [0.5, 0.6) is 0 Å². The van der Waals surface area contributed by atoms with Crippen molar-refractivity contribution in [2.75, 3.05) is 4.90 Å². The predicted molar refractivity (Wildman–Crippen MR) is 119 cm³/mol. The number of amides is 2. The fraction of sp³-hybridized carbons (Fsp3) is 0.391. The second kappa shape index (κ2) is 8.94. The van der Waals surface area contributed by atoms with Crippen LogP contribution in [-0.2, 0) is 25.8 Å². The normalized spacial score (nSPS) is 17.7. The van der Waals surface area contributed by atoms with Crippen LogP contribution in [0.3, 0.4) is 0 Å². The van der Waals surface area contributed by atoms with E-state index in [0.29, 0.717) is 11.1 Å². The molecule has 1 heterocycles. The first kappa shape index (κ1) is 25.5. The summed E-state index contributed by atoms with van der Waals surface area (Å²) >= 11 is 0. The highest BCUT2D eigenvalue weighted by Gasteiger charge is 2.48. The van der Waals surface area contributed by atoms with Crippen molar-refractivity contribution >= 4 is 27.5 Å². The molecule has 11 heteroatoms. The molecule has 0 radical (unpaired) electrons. The number of anilines is 1. The SMILES string of the molecule is C[C@@H](c1ccccc1)N1C(=O)[C@H](NC(=O)OC(C)(C)C)Cc2ccc(S(=O)(=O)C(F)(F)F)cc21. The van der Waals surface area contributed by atoms with Gasteiger partial charge in [-0.05, 0) is 51.0 Å². The number of hydrogen-bond donors (Lipinski definition) is 1. The number of nitrogens with one attached hydrogen (secondary N) is 1. The van der Waals surface area contributed by atoms with Gasteiger partial charge in [-0.25, -0.2) is 13.2 Å². The average Bonchev–Trinajstić information content (AvgIpc) is 2.72. The molecular formula is C23H25F3N2O5S. The third kappa shape index (κ3) is 5.19. The monoisotopic (exact) mass is 498 g/mol. The van der Waals surface area contributed by atoms with Gasteiger partial charge >= 0.3 is 11.6 Å². The molecule has 1 aliphatic rings. The Kier molecular flexibility index (Phi) is 6.71. The van der Waals surface area contributed by atoms with Gasteiger partial charge in [0.25, 0.3) is 15.7 Å². The van der Waals surface area contributed by atoms with E-state index < -0.39 is 49.9 Å². The Morgan fingerprint density at radius 2 is 1.74 bits per heavy atom. The minimum absolute atomic E-state index is 0.0360. The lowest BCUT2D eigenvalue weighted by molar-refractivity contribution is -0.121. The zero-order valence-electron chi connectivity index (χ0n) is 19.0. The lowest BCUT2D eigenvalue weighted by Gasteiger charge is -2.38. The molecule has 0 fully saturated rings. The largest absolute Gasteiger partial charge is 0.501 e. The fourth-order valence-electron chi connectivity index (χ4n) is 3.68. The maximum atomic E-state index is 13.4. The topological polar surface area (TPSA) is 92.8 Å². The number of nitrogens with zero attached hydrogens (tertiary/aromatic N) is 1. The molecule has 34 heavy (non-hydrogen) atoms. The molecule has 0 saturated carbocycles. The van der Waals surface area contributed by atoms with Crippen molar-refractivity contribution in [2.24, 2.45) is 0 Å². The third-order valence-corrected chi connectivity index (χ3v) is 6.74. The molecule has 1 N–H and O–H groups in total. The number of rotatable bonds is 4. The van der Waals surface area contributed by atoms with Crippen molar-refractivity contribution < 1.29 is 35.9 Å². The van der Waals surface area contributed by atoms with Crippen molar-refractivity contribution in [1.82, 2.24) is 5.32 Å². The molecule has 2 atom stereocenters. The van der Waals surface area contributed by atoms with Gasteiger partial charge in [0.1, 0.15) is 11.6 Å². The van der Waals surface area contributed by atoms with E-state index >= 15 is 0 Å². The second-order valence-electron chi connectivity index (χ2n) is 8.94. The second-order valence-corrected chi connectivity index (χ2v) is 10.9. The summed E-state index contributed by atoms with van der Waals surface area (Å²) in [5, 5.41) is 2.52. The Labute approximate surface area is 195 Å². The molecule has 3 rings (SSSR count). The summed E-state index contributed by atoms with van der Waals surface area (Å²) in [6, 6.07) is 9.94. The molecule has 2 aromatic carbocycles. The van der Waals surface area contributed by atoms with Crippen LogP contribution in [0.1, 0.15) is 44.9 Å². The maximum Gasteiger partial charge on any atom is 0.501 e. The third-order valence-electron chi connectivity index (χ3n) is 5.25. The Morgan fingerprint density at radius 3 is 2.29 bits per heavy atom. The number of benzene rings is 2. The van der Waals surface area contributed by atoms with E-state index in [2.05, 4.69) is 5.32 Å². The Balaban J connectivity index is 2.08. The zero-order valence-corrected chi connectivity index (χ0v) is 19.8. The van der Waals surface area contributed by atoms with E-state index in [1.165, 1.54) is 11.0 Å². The van der Waals surface area contributed by atoms with Crippen LogP contribution in [0.2, 0.25) is 0 Å². The van der Waals surface area contributed by atoms with Gasteiger partial charge in [0.15, 0.2) is 0 Å². The number of carbonyl (C=O) groups is 2. The van der Waals surface area contributed by atoms with Crippen LogP contribution in [0.25, 0.3) is 0 Å². The number of alkyl halides is 3. The van der Waals surface area contributed by atoms with Gasteiger partial charge < -0.3 is 15.0 Å². The molecule has 0 unspecified atom stereocenters. The van der Waals surface area contributed by atoms with E-state index in [9.17, 15) is 31.2 Å². The lowest BCUT2D eigenvalue weighted by Crippen LogP contribution is -2.54. The molecule has 184 valence electrons. The summed E-state index contributed by atoms with van der Waals surface area (Å²) in [6.07, 6.45) is -0.865. The van der Waals surface area contributed by atoms with E-state index in [1.807, 2.05) is 0 Å². The van der Waals surface area contributed by atoms with E-state index in [4.69, 9.17) is 4.74 Å². The van der Waals surface area contributed by atoms with Crippen LogP contribution in [0, 0.1) is 0 Å². The van der Waals surface area contributed by atoms with Gasteiger partial charge in [-0.2, -0.15) is 13.2 Å². The van der Waals surface area contributed by atoms with Gasteiger partial charge in [0.2, 0.25) is 0 Å². The smallest absolute Gasteiger partial charge is 0.444 e. The number of ether oxygens (including phenoxy) is 1. The highest BCUT2D eigenvalue weighted by atomic mass is 32.2. The standard InChI is InChI=1S/C23H25F3N2O5S/c1-14(15-8-6-5-7-9-15)28-19-13-17(34(31,32)23(24,25)26)11-10-16(19)12-18(20(28)29)27-21(30)33-22(2,3)4/h5-11,13-14,18H,12H2,1-4H3,(H,27,30)/t14-,18+/m0/s1. The predicted octanol–water partition coefficient (Wildman–Crippen LogP) is 4.52. The summed E-state index contributed by atoms with van der Waals surface area (Å²) in [5.41, 5.74) is -5.18. The Morgan fingerprint density at radius 1 is 1.12 bits per heavy atom. The first-order valence-corrected chi connectivity index (χ1v) is 11.9. The van der Waals surface area contributed by atoms with Gasteiger partial charge in [-0.3, -0.25) is 4.79 Å². The molecule has 1 aliphatic heterocycles. The number of carbonyl (C=O) groups excluding carboxylic acids is 2. The molecular weight excluding hydrogens is 473 g/mol. The summed E-state index contributed by atoms with van der Waals surface area (Å²) in [6.45, 7) is 6.66.